The smallest absolute Gasteiger partial charge is 0.199 e. The fraction of sp³-hybridized carbons (Fsp3) is 1.00. The molecule has 1 rings (SSSR count). The second kappa shape index (κ2) is 3.52. The van der Waals surface area contributed by atoms with E-state index in [4.69, 9.17) is 9.78 Å². The van der Waals surface area contributed by atoms with Crippen molar-refractivity contribution in [2.24, 2.45) is 0 Å². The van der Waals surface area contributed by atoms with Crippen molar-refractivity contribution in [2.45, 2.75) is 51.4 Å². The van der Waals surface area contributed by atoms with Crippen molar-refractivity contribution in [3.63, 3.8) is 0 Å². The first-order valence-corrected chi connectivity index (χ1v) is 4.19. The van der Waals surface area contributed by atoms with Gasteiger partial charge in [-0.3, -0.25) is 0 Å². The highest BCUT2D eigenvalue weighted by Gasteiger charge is 2.33. The molecule has 0 amide bonds. The average Bonchev–Trinajstić information content (AvgIpc) is 2.33. The van der Waals surface area contributed by atoms with Crippen LogP contribution in [0.5, 0.6) is 0 Å². The van der Waals surface area contributed by atoms with Crippen LogP contribution >= 0.6 is 0 Å². The van der Waals surface area contributed by atoms with Gasteiger partial charge in [0.05, 0.1) is 6.10 Å². The van der Waals surface area contributed by atoms with Gasteiger partial charge in [0, 0.05) is 12.8 Å². The first kappa shape index (κ1) is 8.97. The van der Waals surface area contributed by atoms with E-state index < -0.39 is 5.79 Å². The van der Waals surface area contributed by atoms with Crippen LogP contribution in [-0.4, -0.2) is 17.0 Å². The SMILES string of the molecule is CC(C)OOC1(O)CCCC1. The third-order valence-corrected chi connectivity index (χ3v) is 1.78. The van der Waals surface area contributed by atoms with Crippen LogP contribution in [0.25, 0.3) is 0 Å². The van der Waals surface area contributed by atoms with Crippen molar-refractivity contribution in [1.29, 1.82) is 0 Å². The van der Waals surface area contributed by atoms with E-state index in [1.165, 1.54) is 0 Å². The minimum atomic E-state index is -0.996. The molecule has 66 valence electrons. The van der Waals surface area contributed by atoms with Crippen LogP contribution in [-0.2, 0) is 9.78 Å². The molecule has 1 aliphatic carbocycles. The second-order valence-corrected chi connectivity index (χ2v) is 3.38. The average molecular weight is 160 g/mol. The molecule has 0 aromatic carbocycles. The molecule has 0 atom stereocenters. The van der Waals surface area contributed by atoms with Crippen molar-refractivity contribution in [3.05, 3.63) is 0 Å². The number of hydrogen-bond donors (Lipinski definition) is 1. The van der Waals surface area contributed by atoms with Gasteiger partial charge >= 0.3 is 0 Å². The van der Waals surface area contributed by atoms with Crippen molar-refractivity contribution in [2.75, 3.05) is 0 Å². The van der Waals surface area contributed by atoms with E-state index >= 15 is 0 Å². The Labute approximate surface area is 67.2 Å². The molecule has 1 aliphatic rings. The van der Waals surface area contributed by atoms with Gasteiger partial charge in [0.25, 0.3) is 0 Å². The summed E-state index contributed by atoms with van der Waals surface area (Å²) in [5.41, 5.74) is 0. The third kappa shape index (κ3) is 2.77. The lowest BCUT2D eigenvalue weighted by molar-refractivity contribution is -0.430. The fourth-order valence-electron chi connectivity index (χ4n) is 1.20. The molecular formula is C8H16O3. The molecule has 0 aromatic heterocycles. The topological polar surface area (TPSA) is 38.7 Å². The molecule has 3 heteroatoms. The van der Waals surface area contributed by atoms with Gasteiger partial charge in [-0.15, -0.1) is 0 Å². The van der Waals surface area contributed by atoms with Crippen LogP contribution in [0.2, 0.25) is 0 Å². The predicted octanol–water partition coefficient (Wildman–Crippen LogP) is 1.61. The van der Waals surface area contributed by atoms with Crippen molar-refractivity contribution in [3.8, 4) is 0 Å². The number of rotatable bonds is 3. The van der Waals surface area contributed by atoms with Crippen molar-refractivity contribution in [1.82, 2.24) is 0 Å². The highest BCUT2D eigenvalue weighted by Crippen LogP contribution is 2.30. The summed E-state index contributed by atoms with van der Waals surface area (Å²) in [6.45, 7) is 3.75. The van der Waals surface area contributed by atoms with E-state index in [1.807, 2.05) is 13.8 Å². The summed E-state index contributed by atoms with van der Waals surface area (Å²) in [4.78, 5) is 9.79. The molecule has 0 spiro atoms. The molecule has 0 aromatic rings. The van der Waals surface area contributed by atoms with Gasteiger partial charge in [0.15, 0.2) is 5.79 Å². The molecule has 0 bridgehead atoms. The van der Waals surface area contributed by atoms with Crippen LogP contribution in [0, 0.1) is 0 Å². The zero-order chi connectivity index (χ0) is 8.32. The Balaban J connectivity index is 2.23. The van der Waals surface area contributed by atoms with Gasteiger partial charge in [0.2, 0.25) is 0 Å². The second-order valence-electron chi connectivity index (χ2n) is 3.38. The van der Waals surface area contributed by atoms with Crippen molar-refractivity contribution >= 4 is 0 Å². The maximum atomic E-state index is 9.59. The lowest BCUT2D eigenvalue weighted by atomic mass is 10.2. The van der Waals surface area contributed by atoms with E-state index in [0.29, 0.717) is 12.8 Å². The zero-order valence-corrected chi connectivity index (χ0v) is 7.17. The molecule has 11 heavy (non-hydrogen) atoms. The molecule has 3 nitrogen and oxygen atoms in total. The largest absolute Gasteiger partial charge is 0.363 e. The van der Waals surface area contributed by atoms with E-state index in [1.54, 1.807) is 0 Å². The number of hydrogen-bond acceptors (Lipinski definition) is 3. The summed E-state index contributed by atoms with van der Waals surface area (Å²) < 4.78 is 0. The molecule has 0 saturated heterocycles. The minimum absolute atomic E-state index is 0.0135. The van der Waals surface area contributed by atoms with Gasteiger partial charge in [-0.2, -0.15) is 0 Å². The molecule has 0 heterocycles. The lowest BCUT2D eigenvalue weighted by Crippen LogP contribution is -2.29. The first-order chi connectivity index (χ1) is 5.12. The van der Waals surface area contributed by atoms with Crippen molar-refractivity contribution < 1.29 is 14.9 Å². The zero-order valence-electron chi connectivity index (χ0n) is 7.17. The Morgan fingerprint density at radius 2 is 1.82 bits per heavy atom. The van der Waals surface area contributed by atoms with E-state index in [9.17, 15) is 5.11 Å². The molecule has 1 N–H and O–H groups in total. The van der Waals surface area contributed by atoms with Gasteiger partial charge in [0.1, 0.15) is 0 Å². The Hall–Kier alpha value is -0.120. The Kier molecular flexibility index (Phi) is 2.87. The minimum Gasteiger partial charge on any atom is -0.363 e. The van der Waals surface area contributed by atoms with Crippen LogP contribution in [0.4, 0.5) is 0 Å². The summed E-state index contributed by atoms with van der Waals surface area (Å²) >= 11 is 0. The van der Waals surface area contributed by atoms with Crippen LogP contribution < -0.4 is 0 Å². The number of aliphatic hydroxyl groups is 1. The normalized spacial score (nSPS) is 22.9. The Morgan fingerprint density at radius 3 is 2.27 bits per heavy atom. The lowest BCUT2D eigenvalue weighted by Gasteiger charge is -2.21. The molecule has 1 saturated carbocycles. The van der Waals surface area contributed by atoms with Gasteiger partial charge in [-0.05, 0) is 26.7 Å². The predicted molar refractivity (Wildman–Crippen MR) is 40.7 cm³/mol. The summed E-state index contributed by atoms with van der Waals surface area (Å²) in [5.74, 6) is -0.996. The summed E-state index contributed by atoms with van der Waals surface area (Å²) in [6.07, 6.45) is 3.45. The maximum Gasteiger partial charge on any atom is 0.199 e. The first-order valence-electron chi connectivity index (χ1n) is 4.19. The van der Waals surface area contributed by atoms with Crippen LogP contribution in [0.1, 0.15) is 39.5 Å². The van der Waals surface area contributed by atoms with Gasteiger partial charge in [-0.1, -0.05) is 0 Å². The molecule has 0 unspecified atom stereocenters. The molecule has 1 fully saturated rings. The van der Waals surface area contributed by atoms with Crippen LogP contribution in [0.3, 0.4) is 0 Å². The molecule has 0 radical (unpaired) electrons. The van der Waals surface area contributed by atoms with Crippen LogP contribution in [0.15, 0.2) is 0 Å². The summed E-state index contributed by atoms with van der Waals surface area (Å²) in [6, 6.07) is 0. The van der Waals surface area contributed by atoms with Gasteiger partial charge < -0.3 is 5.11 Å². The Morgan fingerprint density at radius 1 is 1.27 bits per heavy atom. The molecule has 0 aliphatic heterocycles. The standard InChI is InChI=1S/C8H16O3/c1-7(2)10-11-8(9)5-3-4-6-8/h7,9H,3-6H2,1-2H3. The summed E-state index contributed by atoms with van der Waals surface area (Å²) in [5, 5.41) is 9.59. The highest BCUT2D eigenvalue weighted by atomic mass is 17.2. The fourth-order valence-corrected chi connectivity index (χ4v) is 1.20. The van der Waals surface area contributed by atoms with E-state index in [2.05, 4.69) is 0 Å². The van der Waals surface area contributed by atoms with E-state index in [0.717, 1.165) is 12.8 Å². The summed E-state index contributed by atoms with van der Waals surface area (Å²) in [7, 11) is 0. The Bertz CT molecular complexity index is 117. The maximum absolute atomic E-state index is 9.59. The van der Waals surface area contributed by atoms with E-state index in [-0.39, 0.29) is 6.10 Å². The van der Waals surface area contributed by atoms with Gasteiger partial charge in [-0.25, -0.2) is 9.78 Å². The third-order valence-electron chi connectivity index (χ3n) is 1.78. The quantitative estimate of drug-likeness (QED) is 0.387. The monoisotopic (exact) mass is 160 g/mol. The highest BCUT2D eigenvalue weighted by molar-refractivity contribution is 4.73. The molecular weight excluding hydrogens is 144 g/mol.